The van der Waals surface area contributed by atoms with E-state index in [4.69, 9.17) is 9.47 Å². The summed E-state index contributed by atoms with van der Waals surface area (Å²) in [5, 5.41) is 15.3. The highest BCUT2D eigenvalue weighted by molar-refractivity contribution is 7.98. The molecule has 0 spiro atoms. The number of aromatic nitrogens is 3. The monoisotopic (exact) mass is 450 g/mol. The van der Waals surface area contributed by atoms with Gasteiger partial charge in [0.2, 0.25) is 5.16 Å². The number of esters is 1. The van der Waals surface area contributed by atoms with Crippen molar-refractivity contribution in [2.45, 2.75) is 11.8 Å². The molecule has 2 aromatic heterocycles. The molecule has 31 heavy (non-hydrogen) atoms. The molecule has 2 aromatic carbocycles. The van der Waals surface area contributed by atoms with Crippen LogP contribution in [0.1, 0.15) is 21.1 Å². The maximum Gasteiger partial charge on any atom is 0.353 e. The third kappa shape index (κ3) is 5.39. The molecule has 9 heteroatoms. The number of thiophene rings is 1. The zero-order valence-electron chi connectivity index (χ0n) is 16.5. The molecule has 4 rings (SSSR count). The maximum atomic E-state index is 12.0. The van der Waals surface area contributed by atoms with Gasteiger partial charge in [-0.2, -0.15) is 9.78 Å². The van der Waals surface area contributed by atoms with Gasteiger partial charge < -0.3 is 9.47 Å². The van der Waals surface area contributed by atoms with Crippen molar-refractivity contribution in [2.75, 3.05) is 6.26 Å². The number of thioether (sulfide) groups is 1. The van der Waals surface area contributed by atoms with Crippen LogP contribution in [0.4, 0.5) is 0 Å². The minimum atomic E-state index is -0.367. The van der Waals surface area contributed by atoms with E-state index in [-0.39, 0.29) is 12.6 Å². The van der Waals surface area contributed by atoms with Crippen molar-refractivity contribution in [3.05, 3.63) is 88.4 Å². The fourth-order valence-electron chi connectivity index (χ4n) is 2.59. The van der Waals surface area contributed by atoms with Crippen LogP contribution in [0.25, 0.3) is 0 Å². The molecule has 0 atom stereocenters. The summed E-state index contributed by atoms with van der Waals surface area (Å²) in [6.45, 7) is 0.243. The number of nitrogens with zero attached hydrogens (tertiary/aromatic N) is 4. The largest absolute Gasteiger partial charge is 0.486 e. The van der Waals surface area contributed by atoms with E-state index in [1.165, 1.54) is 23.1 Å². The second-order valence-corrected chi connectivity index (χ2v) is 7.92. The molecule has 0 radical (unpaired) electrons. The molecule has 0 fully saturated rings. The predicted octanol–water partition coefficient (Wildman–Crippen LogP) is 4.74. The van der Waals surface area contributed by atoms with E-state index in [1.54, 1.807) is 29.1 Å². The molecule has 0 aliphatic rings. The lowest BCUT2D eigenvalue weighted by atomic mass is 10.2. The number of rotatable bonds is 8. The minimum Gasteiger partial charge on any atom is -0.486 e. The number of para-hydroxylation sites is 1. The lowest BCUT2D eigenvalue weighted by molar-refractivity contribution is 0.0740. The van der Waals surface area contributed by atoms with Crippen LogP contribution in [0.15, 0.2) is 82.4 Å². The minimum absolute atomic E-state index is 0.243. The molecule has 0 aliphatic heterocycles. The van der Waals surface area contributed by atoms with Crippen LogP contribution in [0.5, 0.6) is 11.5 Å². The normalized spacial score (nSPS) is 11.0. The van der Waals surface area contributed by atoms with Crippen LogP contribution in [0.2, 0.25) is 0 Å². The van der Waals surface area contributed by atoms with Gasteiger partial charge in [-0.1, -0.05) is 36.0 Å². The van der Waals surface area contributed by atoms with Crippen LogP contribution in [0, 0.1) is 0 Å². The standard InChI is InChI=1S/C22H18N4O3S2/c1-30-22-25-24-20(15-28-17-6-3-2-4-7-17)26(22)23-14-16-9-11-18(12-10-16)29-21(27)19-8-5-13-31-19/h2-14H,15H2,1H3/b23-14-. The molecule has 0 bridgehead atoms. The Morgan fingerprint density at radius 2 is 1.87 bits per heavy atom. The molecule has 0 N–H and O–H groups in total. The van der Waals surface area contributed by atoms with Gasteiger partial charge in [-0.3, -0.25) is 0 Å². The summed E-state index contributed by atoms with van der Waals surface area (Å²) in [4.78, 5) is 12.6. The summed E-state index contributed by atoms with van der Waals surface area (Å²) in [5.74, 6) is 1.44. The van der Waals surface area contributed by atoms with Crippen molar-refractivity contribution in [3.8, 4) is 11.5 Å². The molecule has 156 valence electrons. The third-order valence-corrected chi connectivity index (χ3v) is 5.58. The Balaban J connectivity index is 1.44. The Morgan fingerprint density at radius 3 is 2.58 bits per heavy atom. The fraction of sp³-hybridized carbons (Fsp3) is 0.0909. The van der Waals surface area contributed by atoms with Crippen LogP contribution >= 0.6 is 23.1 Å². The highest BCUT2D eigenvalue weighted by Crippen LogP contribution is 2.18. The molecule has 0 saturated carbocycles. The van der Waals surface area contributed by atoms with Gasteiger partial charge in [-0.25, -0.2) is 4.79 Å². The summed E-state index contributed by atoms with van der Waals surface area (Å²) in [6.07, 6.45) is 3.61. The van der Waals surface area contributed by atoms with E-state index >= 15 is 0 Å². The van der Waals surface area contributed by atoms with Crippen molar-refractivity contribution in [2.24, 2.45) is 5.10 Å². The van der Waals surface area contributed by atoms with Crippen LogP contribution in [0.3, 0.4) is 0 Å². The van der Waals surface area contributed by atoms with Gasteiger partial charge in [-0.05, 0) is 59.7 Å². The summed E-state index contributed by atoms with van der Waals surface area (Å²) in [7, 11) is 0. The highest BCUT2D eigenvalue weighted by Gasteiger charge is 2.12. The Hall–Kier alpha value is -3.43. The molecule has 7 nitrogen and oxygen atoms in total. The first-order valence-corrected chi connectivity index (χ1v) is 11.4. The van der Waals surface area contributed by atoms with Crippen molar-refractivity contribution < 1.29 is 14.3 Å². The van der Waals surface area contributed by atoms with Crippen LogP contribution in [-0.4, -0.2) is 33.3 Å². The summed E-state index contributed by atoms with van der Waals surface area (Å²) >= 11 is 2.79. The van der Waals surface area contributed by atoms with E-state index in [9.17, 15) is 4.79 Å². The zero-order valence-corrected chi connectivity index (χ0v) is 18.2. The van der Waals surface area contributed by atoms with E-state index in [0.29, 0.717) is 21.6 Å². The van der Waals surface area contributed by atoms with Gasteiger partial charge in [0.25, 0.3) is 0 Å². The molecule has 4 aromatic rings. The Morgan fingerprint density at radius 1 is 1.06 bits per heavy atom. The average molecular weight is 451 g/mol. The summed E-state index contributed by atoms with van der Waals surface area (Å²) in [6, 6.07) is 20.2. The first-order valence-electron chi connectivity index (χ1n) is 9.29. The zero-order chi connectivity index (χ0) is 21.5. The molecular formula is C22H18N4O3S2. The highest BCUT2D eigenvalue weighted by atomic mass is 32.2. The fourth-order valence-corrected chi connectivity index (χ4v) is 3.64. The molecule has 0 amide bonds. The van der Waals surface area contributed by atoms with Crippen molar-refractivity contribution >= 4 is 35.3 Å². The number of hydrogen-bond acceptors (Lipinski definition) is 8. The molecule has 0 aliphatic carbocycles. The molecule has 2 heterocycles. The Bertz CT molecular complexity index is 1160. The quantitative estimate of drug-likeness (QED) is 0.167. The summed E-state index contributed by atoms with van der Waals surface area (Å²) < 4.78 is 12.8. The van der Waals surface area contributed by atoms with Gasteiger partial charge in [0, 0.05) is 0 Å². The smallest absolute Gasteiger partial charge is 0.353 e. The van der Waals surface area contributed by atoms with Gasteiger partial charge >= 0.3 is 5.97 Å². The van der Waals surface area contributed by atoms with E-state index in [1.807, 2.05) is 60.2 Å². The topological polar surface area (TPSA) is 78.6 Å². The van der Waals surface area contributed by atoms with Crippen molar-refractivity contribution in [1.29, 1.82) is 0 Å². The third-order valence-electron chi connectivity index (χ3n) is 4.11. The summed E-state index contributed by atoms with van der Waals surface area (Å²) in [5.41, 5.74) is 0.839. The van der Waals surface area contributed by atoms with E-state index < -0.39 is 0 Å². The second-order valence-electron chi connectivity index (χ2n) is 6.20. The van der Waals surface area contributed by atoms with Gasteiger partial charge in [0.15, 0.2) is 5.82 Å². The Kier molecular flexibility index (Phi) is 6.75. The lowest BCUT2D eigenvalue weighted by Crippen LogP contribution is -2.06. The number of carbonyl (C=O) groups excluding carboxylic acids is 1. The molecular weight excluding hydrogens is 432 g/mol. The maximum absolute atomic E-state index is 12.0. The van der Waals surface area contributed by atoms with Gasteiger partial charge in [-0.15, -0.1) is 21.5 Å². The van der Waals surface area contributed by atoms with E-state index in [0.717, 1.165) is 11.3 Å². The number of benzene rings is 2. The number of hydrogen-bond donors (Lipinski definition) is 0. The van der Waals surface area contributed by atoms with Crippen LogP contribution < -0.4 is 9.47 Å². The second kappa shape index (κ2) is 10.1. The van der Waals surface area contributed by atoms with Crippen molar-refractivity contribution in [1.82, 2.24) is 14.9 Å². The molecule has 0 saturated heterocycles. The average Bonchev–Trinajstić information content (AvgIpc) is 3.48. The molecule has 0 unspecified atom stereocenters. The van der Waals surface area contributed by atoms with E-state index in [2.05, 4.69) is 15.3 Å². The van der Waals surface area contributed by atoms with Crippen molar-refractivity contribution in [3.63, 3.8) is 0 Å². The number of ether oxygens (including phenoxy) is 2. The SMILES string of the molecule is CSc1nnc(COc2ccccc2)n1/N=C\c1ccc(OC(=O)c2cccs2)cc1. The lowest BCUT2D eigenvalue weighted by Gasteiger charge is -2.06. The predicted molar refractivity (Wildman–Crippen MR) is 121 cm³/mol. The van der Waals surface area contributed by atoms with Crippen LogP contribution in [-0.2, 0) is 6.61 Å². The van der Waals surface area contributed by atoms with Gasteiger partial charge in [0.05, 0.1) is 6.21 Å². The van der Waals surface area contributed by atoms with Gasteiger partial charge in [0.1, 0.15) is 23.0 Å². The first kappa shape index (κ1) is 20.8. The number of carbonyl (C=O) groups is 1. The first-order chi connectivity index (χ1) is 15.2. The Labute approximate surface area is 187 Å².